The summed E-state index contributed by atoms with van der Waals surface area (Å²) >= 11 is 1.14. The lowest BCUT2D eigenvalue weighted by Crippen LogP contribution is -2.40. The summed E-state index contributed by atoms with van der Waals surface area (Å²) in [5.74, 6) is -0.378. The van der Waals surface area contributed by atoms with Crippen LogP contribution in [0.1, 0.15) is 51.4 Å². The molecule has 0 spiro atoms. The standard InChI is InChI=1S/C18H17FN6O2S/c1-8-14-13(16(20)27)23-17(18-22-9(2)24-28-18)25(14)12(7-21-8)15(26)10-3-5-11(19)6-4-10/h3-6,8,12,21H,7H2,1-2H3,(H2,20,27). The molecule has 3 heterocycles. The smallest absolute Gasteiger partial charge is 0.269 e. The van der Waals surface area contributed by atoms with Crippen LogP contribution >= 0.6 is 11.5 Å². The molecule has 0 saturated heterocycles. The third kappa shape index (κ3) is 3.00. The van der Waals surface area contributed by atoms with Gasteiger partial charge < -0.3 is 15.6 Å². The number of carbonyl (C=O) groups is 2. The molecule has 10 heteroatoms. The zero-order valence-electron chi connectivity index (χ0n) is 15.1. The van der Waals surface area contributed by atoms with E-state index in [-0.39, 0.29) is 17.5 Å². The van der Waals surface area contributed by atoms with Gasteiger partial charge in [-0.3, -0.25) is 9.59 Å². The van der Waals surface area contributed by atoms with Gasteiger partial charge in [-0.1, -0.05) is 0 Å². The van der Waals surface area contributed by atoms with Crippen molar-refractivity contribution in [3.63, 3.8) is 0 Å². The van der Waals surface area contributed by atoms with E-state index < -0.39 is 17.8 Å². The van der Waals surface area contributed by atoms with Gasteiger partial charge in [-0.15, -0.1) is 0 Å². The normalized spacial score (nSPS) is 18.7. The van der Waals surface area contributed by atoms with Crippen molar-refractivity contribution in [2.75, 3.05) is 6.54 Å². The lowest BCUT2D eigenvalue weighted by atomic mass is 9.99. The predicted molar refractivity (Wildman–Crippen MR) is 101 cm³/mol. The topological polar surface area (TPSA) is 116 Å². The fourth-order valence-corrected chi connectivity index (χ4v) is 4.05. The number of halogens is 1. The molecule has 144 valence electrons. The van der Waals surface area contributed by atoms with E-state index in [1.807, 2.05) is 6.92 Å². The van der Waals surface area contributed by atoms with Crippen LogP contribution in [0.2, 0.25) is 0 Å². The number of hydrogen-bond donors (Lipinski definition) is 2. The average molecular weight is 400 g/mol. The van der Waals surface area contributed by atoms with Gasteiger partial charge in [0.05, 0.1) is 5.69 Å². The van der Waals surface area contributed by atoms with Crippen LogP contribution in [0.5, 0.6) is 0 Å². The molecular weight excluding hydrogens is 383 g/mol. The van der Waals surface area contributed by atoms with Crippen molar-refractivity contribution in [2.45, 2.75) is 25.9 Å². The largest absolute Gasteiger partial charge is 0.364 e. The van der Waals surface area contributed by atoms with Crippen LogP contribution < -0.4 is 11.1 Å². The van der Waals surface area contributed by atoms with E-state index in [0.29, 0.717) is 34.5 Å². The maximum absolute atomic E-state index is 13.3. The maximum atomic E-state index is 13.3. The van der Waals surface area contributed by atoms with E-state index in [4.69, 9.17) is 5.73 Å². The molecule has 28 heavy (non-hydrogen) atoms. The van der Waals surface area contributed by atoms with Crippen molar-refractivity contribution in [3.8, 4) is 10.8 Å². The number of primary amides is 1. The second kappa shape index (κ2) is 6.88. The fraction of sp³-hybridized carbons (Fsp3) is 0.278. The quantitative estimate of drug-likeness (QED) is 0.648. The molecule has 1 aliphatic rings. The third-order valence-corrected chi connectivity index (χ3v) is 5.47. The number of nitrogens with two attached hydrogens (primary N) is 1. The van der Waals surface area contributed by atoms with Crippen LogP contribution in [0.4, 0.5) is 4.39 Å². The summed E-state index contributed by atoms with van der Waals surface area (Å²) < 4.78 is 19.1. The molecule has 2 unspecified atom stereocenters. The summed E-state index contributed by atoms with van der Waals surface area (Å²) in [7, 11) is 0. The molecule has 0 fully saturated rings. The Morgan fingerprint density at radius 1 is 1.29 bits per heavy atom. The molecule has 2 aromatic heterocycles. The molecule has 1 aromatic carbocycles. The van der Waals surface area contributed by atoms with Gasteiger partial charge in [-0.25, -0.2) is 14.4 Å². The molecule has 3 aromatic rings. The second-order valence-electron chi connectivity index (χ2n) is 6.57. The van der Waals surface area contributed by atoms with E-state index >= 15 is 0 Å². The molecule has 4 rings (SSSR count). The van der Waals surface area contributed by atoms with Crippen LogP contribution in [0, 0.1) is 12.7 Å². The molecule has 1 aliphatic heterocycles. The minimum Gasteiger partial charge on any atom is -0.364 e. The first kappa shape index (κ1) is 18.4. The molecule has 0 radical (unpaired) electrons. The first-order valence-electron chi connectivity index (χ1n) is 8.62. The first-order chi connectivity index (χ1) is 13.4. The number of hydrogen-bond acceptors (Lipinski definition) is 7. The van der Waals surface area contributed by atoms with Crippen LogP contribution in [0.3, 0.4) is 0 Å². The number of benzene rings is 1. The minimum atomic E-state index is -0.684. The Morgan fingerprint density at radius 3 is 2.61 bits per heavy atom. The lowest BCUT2D eigenvalue weighted by Gasteiger charge is -2.31. The average Bonchev–Trinajstić information content (AvgIpc) is 3.26. The SMILES string of the molecule is Cc1nsc(-c2nc(C(N)=O)c3n2C(C(=O)c2ccc(F)cc2)CNC3C)n1. The van der Waals surface area contributed by atoms with Gasteiger partial charge in [0.1, 0.15) is 17.7 Å². The van der Waals surface area contributed by atoms with Gasteiger partial charge in [0.25, 0.3) is 5.91 Å². The number of aromatic nitrogens is 4. The Labute approximate surface area is 163 Å². The van der Waals surface area contributed by atoms with E-state index in [0.717, 1.165) is 11.5 Å². The Balaban J connectivity index is 1.90. The van der Waals surface area contributed by atoms with Crippen molar-refractivity contribution in [1.29, 1.82) is 0 Å². The van der Waals surface area contributed by atoms with Gasteiger partial charge in [-0.2, -0.15) is 4.37 Å². The molecular formula is C18H17FN6O2S. The highest BCUT2D eigenvalue weighted by Gasteiger charge is 2.37. The highest BCUT2D eigenvalue weighted by molar-refractivity contribution is 7.09. The third-order valence-electron chi connectivity index (χ3n) is 4.67. The van der Waals surface area contributed by atoms with Gasteiger partial charge in [0.15, 0.2) is 22.3 Å². The monoisotopic (exact) mass is 400 g/mol. The number of carbonyl (C=O) groups excluding carboxylic acids is 2. The van der Waals surface area contributed by atoms with Crippen LogP contribution in [-0.4, -0.2) is 37.1 Å². The van der Waals surface area contributed by atoms with Crippen molar-refractivity contribution >= 4 is 23.2 Å². The zero-order valence-corrected chi connectivity index (χ0v) is 16.0. The maximum Gasteiger partial charge on any atom is 0.269 e. The molecule has 2 atom stereocenters. The van der Waals surface area contributed by atoms with Crippen LogP contribution in [0.25, 0.3) is 10.8 Å². The highest BCUT2D eigenvalue weighted by Crippen LogP contribution is 2.35. The molecule has 0 saturated carbocycles. The number of rotatable bonds is 4. The van der Waals surface area contributed by atoms with Gasteiger partial charge in [-0.05, 0) is 49.6 Å². The van der Waals surface area contributed by atoms with E-state index in [1.54, 1.807) is 11.5 Å². The van der Waals surface area contributed by atoms with Gasteiger partial charge >= 0.3 is 0 Å². The van der Waals surface area contributed by atoms with Crippen molar-refractivity contribution < 1.29 is 14.0 Å². The molecule has 3 N–H and O–H groups in total. The predicted octanol–water partition coefficient (Wildman–Crippen LogP) is 2.04. The summed E-state index contributed by atoms with van der Waals surface area (Å²) in [4.78, 5) is 34.0. The summed E-state index contributed by atoms with van der Waals surface area (Å²) in [6.45, 7) is 3.94. The van der Waals surface area contributed by atoms with E-state index in [9.17, 15) is 14.0 Å². The van der Waals surface area contributed by atoms with E-state index in [2.05, 4.69) is 19.7 Å². The molecule has 0 aliphatic carbocycles. The number of ketones is 1. The Kier molecular flexibility index (Phi) is 4.52. The molecule has 8 nitrogen and oxygen atoms in total. The second-order valence-corrected chi connectivity index (χ2v) is 7.32. The van der Waals surface area contributed by atoms with Crippen LogP contribution in [0.15, 0.2) is 24.3 Å². The fourth-order valence-electron chi connectivity index (χ4n) is 3.39. The summed E-state index contributed by atoms with van der Waals surface area (Å²) in [5, 5.41) is 3.72. The number of nitrogens with one attached hydrogen (secondary N) is 1. The van der Waals surface area contributed by atoms with Crippen LogP contribution in [-0.2, 0) is 0 Å². The van der Waals surface area contributed by atoms with Gasteiger partial charge in [0, 0.05) is 18.2 Å². The number of imidazole rings is 1. The zero-order chi connectivity index (χ0) is 20.0. The number of nitrogens with zero attached hydrogens (tertiary/aromatic N) is 4. The first-order valence-corrected chi connectivity index (χ1v) is 9.40. The molecule has 0 bridgehead atoms. The number of Topliss-reactive ketones (excluding diaryl/α,β-unsaturated/α-hetero) is 1. The Hall–Kier alpha value is -2.98. The Morgan fingerprint density at radius 2 is 2.00 bits per heavy atom. The number of aryl methyl sites for hydroxylation is 1. The van der Waals surface area contributed by atoms with Gasteiger partial charge in [0.2, 0.25) is 0 Å². The number of amides is 1. The Bertz CT molecular complexity index is 1070. The molecule has 1 amide bonds. The number of fused-ring (bicyclic) bond motifs is 1. The van der Waals surface area contributed by atoms with Crippen molar-refractivity contribution in [3.05, 3.63) is 52.9 Å². The summed E-state index contributed by atoms with van der Waals surface area (Å²) in [5.41, 5.74) is 6.53. The minimum absolute atomic E-state index is 0.0967. The summed E-state index contributed by atoms with van der Waals surface area (Å²) in [6.07, 6.45) is 0. The van der Waals surface area contributed by atoms with Crippen molar-refractivity contribution in [2.24, 2.45) is 5.73 Å². The van der Waals surface area contributed by atoms with Crippen molar-refractivity contribution in [1.82, 2.24) is 24.2 Å². The van der Waals surface area contributed by atoms with E-state index in [1.165, 1.54) is 24.3 Å². The summed E-state index contributed by atoms with van der Waals surface area (Å²) in [6, 6.07) is 4.44. The highest BCUT2D eigenvalue weighted by atomic mass is 32.1. The lowest BCUT2D eigenvalue weighted by molar-refractivity contribution is 0.0906.